The van der Waals surface area contributed by atoms with Crippen LogP contribution < -0.4 is 5.32 Å². The smallest absolute Gasteiger partial charge is 0.338 e. The lowest BCUT2D eigenvalue weighted by molar-refractivity contribution is -0.124. The summed E-state index contributed by atoms with van der Waals surface area (Å²) in [6.07, 6.45) is 4.33. The molecule has 0 saturated carbocycles. The number of nitrogens with zero attached hydrogens (tertiary/aromatic N) is 2. The van der Waals surface area contributed by atoms with Crippen LogP contribution in [-0.4, -0.2) is 34.8 Å². The first-order valence-corrected chi connectivity index (χ1v) is 10.1. The third-order valence-corrected chi connectivity index (χ3v) is 4.81. The average Bonchev–Trinajstić information content (AvgIpc) is 3.26. The van der Waals surface area contributed by atoms with Crippen LogP contribution in [0.4, 0.5) is 0 Å². The van der Waals surface area contributed by atoms with E-state index in [2.05, 4.69) is 48.5 Å². The minimum absolute atomic E-state index is 0.292. The van der Waals surface area contributed by atoms with Crippen molar-refractivity contribution < 1.29 is 14.3 Å². The molecule has 3 rings (SSSR count). The van der Waals surface area contributed by atoms with Gasteiger partial charge in [0.2, 0.25) is 0 Å². The number of hydrogen-bond donors (Lipinski definition) is 1. The van der Waals surface area contributed by atoms with Gasteiger partial charge < -0.3 is 10.1 Å². The van der Waals surface area contributed by atoms with Crippen molar-refractivity contribution in [3.8, 4) is 0 Å². The number of aromatic nitrogens is 2. The molecule has 156 valence electrons. The zero-order valence-corrected chi connectivity index (χ0v) is 17.4. The van der Waals surface area contributed by atoms with Gasteiger partial charge in [-0.05, 0) is 47.2 Å². The average molecular weight is 405 g/mol. The molecule has 2 aromatic carbocycles. The molecule has 0 aliphatic rings. The molecule has 6 nitrogen and oxygen atoms in total. The number of carbonyl (C=O) groups is 2. The molecule has 1 heterocycles. The highest BCUT2D eigenvalue weighted by Crippen LogP contribution is 2.14. The van der Waals surface area contributed by atoms with Gasteiger partial charge in [0.05, 0.1) is 12.1 Å². The molecule has 0 atom stereocenters. The molecule has 0 spiro atoms. The predicted octanol–water partition coefficient (Wildman–Crippen LogP) is 3.57. The Morgan fingerprint density at radius 2 is 1.73 bits per heavy atom. The SMILES string of the molecule is CC(C)c1ccc(CCNC(=O)COC(=O)c2ccc(Cn3cccn3)cc2)cc1. The maximum absolute atomic E-state index is 12.1. The molecular formula is C24H27N3O3. The standard InChI is InChI=1S/C24H27N3O3/c1-18(2)21-8-4-19(5-9-21)12-14-25-23(28)17-30-24(29)22-10-6-20(7-11-22)16-27-15-3-13-26-27/h3-11,13,15,18H,12,14,16-17H2,1-2H3,(H,25,28). The fraction of sp³-hybridized carbons (Fsp3) is 0.292. The van der Waals surface area contributed by atoms with Gasteiger partial charge in [-0.2, -0.15) is 5.10 Å². The van der Waals surface area contributed by atoms with E-state index in [1.807, 2.05) is 24.4 Å². The van der Waals surface area contributed by atoms with Gasteiger partial charge in [0.15, 0.2) is 6.61 Å². The van der Waals surface area contributed by atoms with E-state index in [0.717, 1.165) is 17.5 Å². The number of esters is 1. The fourth-order valence-corrected chi connectivity index (χ4v) is 3.01. The number of hydrogen-bond acceptors (Lipinski definition) is 4. The molecule has 0 aliphatic carbocycles. The van der Waals surface area contributed by atoms with Crippen LogP contribution in [0.15, 0.2) is 67.0 Å². The highest BCUT2D eigenvalue weighted by Gasteiger charge is 2.10. The molecule has 6 heteroatoms. The fourth-order valence-electron chi connectivity index (χ4n) is 3.01. The maximum Gasteiger partial charge on any atom is 0.338 e. The minimum atomic E-state index is -0.514. The normalized spacial score (nSPS) is 10.8. The third-order valence-electron chi connectivity index (χ3n) is 4.81. The van der Waals surface area contributed by atoms with Crippen LogP contribution in [0.2, 0.25) is 0 Å². The van der Waals surface area contributed by atoms with Gasteiger partial charge in [0.25, 0.3) is 5.91 Å². The summed E-state index contributed by atoms with van der Waals surface area (Å²) >= 11 is 0. The summed E-state index contributed by atoms with van der Waals surface area (Å²) in [5, 5.41) is 6.94. The zero-order valence-electron chi connectivity index (χ0n) is 17.4. The summed E-state index contributed by atoms with van der Waals surface area (Å²) in [7, 11) is 0. The number of amides is 1. The number of nitrogens with one attached hydrogen (secondary N) is 1. The molecule has 0 bridgehead atoms. The first kappa shape index (κ1) is 21.3. The Hall–Kier alpha value is -3.41. The van der Waals surface area contributed by atoms with E-state index in [1.165, 1.54) is 5.56 Å². The Bertz CT molecular complexity index is 946. The Kier molecular flexibility index (Phi) is 7.38. The second-order valence-electron chi connectivity index (χ2n) is 7.47. The number of rotatable bonds is 9. The second kappa shape index (κ2) is 10.4. The molecule has 0 radical (unpaired) electrons. The van der Waals surface area contributed by atoms with E-state index in [4.69, 9.17) is 4.74 Å². The van der Waals surface area contributed by atoms with Crippen LogP contribution in [0.1, 0.15) is 46.8 Å². The lowest BCUT2D eigenvalue weighted by Crippen LogP contribution is -2.30. The Balaban J connectivity index is 1.38. The molecule has 1 N–H and O–H groups in total. The first-order chi connectivity index (χ1) is 14.5. The maximum atomic E-state index is 12.1. The minimum Gasteiger partial charge on any atom is -0.452 e. The molecule has 0 fully saturated rings. The molecule has 0 unspecified atom stereocenters. The van der Waals surface area contributed by atoms with Crippen molar-refractivity contribution in [1.29, 1.82) is 0 Å². The number of benzene rings is 2. The van der Waals surface area contributed by atoms with Crippen LogP contribution >= 0.6 is 0 Å². The van der Waals surface area contributed by atoms with Gasteiger partial charge in [-0.15, -0.1) is 0 Å². The highest BCUT2D eigenvalue weighted by molar-refractivity contribution is 5.91. The number of carbonyl (C=O) groups excluding carboxylic acids is 2. The van der Waals surface area contributed by atoms with Gasteiger partial charge in [-0.1, -0.05) is 50.2 Å². The van der Waals surface area contributed by atoms with Gasteiger partial charge in [0, 0.05) is 18.9 Å². The van der Waals surface area contributed by atoms with Crippen molar-refractivity contribution in [3.63, 3.8) is 0 Å². The van der Waals surface area contributed by atoms with Gasteiger partial charge in [0.1, 0.15) is 0 Å². The molecule has 1 amide bonds. The van der Waals surface area contributed by atoms with Crippen LogP contribution in [0.5, 0.6) is 0 Å². The lowest BCUT2D eigenvalue weighted by Gasteiger charge is -2.09. The van der Waals surface area contributed by atoms with Crippen molar-refractivity contribution in [3.05, 3.63) is 89.2 Å². The summed E-state index contributed by atoms with van der Waals surface area (Å²) in [5.41, 5.74) is 3.89. The van der Waals surface area contributed by atoms with Crippen LogP contribution in [0, 0.1) is 0 Å². The number of ether oxygens (including phenoxy) is 1. The monoisotopic (exact) mass is 405 g/mol. The second-order valence-corrected chi connectivity index (χ2v) is 7.47. The van der Waals surface area contributed by atoms with Gasteiger partial charge in [-0.25, -0.2) is 4.79 Å². The largest absolute Gasteiger partial charge is 0.452 e. The molecule has 30 heavy (non-hydrogen) atoms. The molecule has 0 aliphatic heterocycles. The third kappa shape index (κ3) is 6.30. The van der Waals surface area contributed by atoms with Crippen molar-refractivity contribution in [2.24, 2.45) is 0 Å². The lowest BCUT2D eigenvalue weighted by atomic mass is 10.0. The van der Waals surface area contributed by atoms with E-state index in [-0.39, 0.29) is 12.5 Å². The van der Waals surface area contributed by atoms with Crippen LogP contribution in [0.25, 0.3) is 0 Å². The predicted molar refractivity (Wildman–Crippen MR) is 115 cm³/mol. The quantitative estimate of drug-likeness (QED) is 0.553. The van der Waals surface area contributed by atoms with Crippen molar-refractivity contribution in [2.75, 3.05) is 13.2 Å². The summed E-state index contributed by atoms with van der Waals surface area (Å²) in [6, 6.07) is 17.3. The van der Waals surface area contributed by atoms with E-state index >= 15 is 0 Å². The molecule has 0 saturated heterocycles. The first-order valence-electron chi connectivity index (χ1n) is 10.1. The Morgan fingerprint density at radius 1 is 1.03 bits per heavy atom. The Labute approximate surface area is 176 Å². The van der Waals surface area contributed by atoms with Crippen molar-refractivity contribution >= 4 is 11.9 Å². The molecule has 1 aromatic heterocycles. The van der Waals surface area contributed by atoms with E-state index in [0.29, 0.717) is 24.6 Å². The topological polar surface area (TPSA) is 73.2 Å². The van der Waals surface area contributed by atoms with Crippen molar-refractivity contribution in [2.45, 2.75) is 32.7 Å². The van der Waals surface area contributed by atoms with E-state index < -0.39 is 5.97 Å². The summed E-state index contributed by atoms with van der Waals surface area (Å²) in [4.78, 5) is 24.1. The zero-order chi connectivity index (χ0) is 21.3. The van der Waals surface area contributed by atoms with Gasteiger partial charge in [-0.3, -0.25) is 9.48 Å². The van der Waals surface area contributed by atoms with Crippen LogP contribution in [-0.2, 0) is 22.5 Å². The Morgan fingerprint density at radius 3 is 2.37 bits per heavy atom. The highest BCUT2D eigenvalue weighted by atomic mass is 16.5. The summed E-state index contributed by atoms with van der Waals surface area (Å²) in [6.45, 7) is 5.16. The molecule has 3 aromatic rings. The van der Waals surface area contributed by atoms with E-state index in [9.17, 15) is 9.59 Å². The van der Waals surface area contributed by atoms with Crippen LogP contribution in [0.3, 0.4) is 0 Å². The molecular weight excluding hydrogens is 378 g/mol. The van der Waals surface area contributed by atoms with Gasteiger partial charge >= 0.3 is 5.97 Å². The van der Waals surface area contributed by atoms with Crippen molar-refractivity contribution in [1.82, 2.24) is 15.1 Å². The summed E-state index contributed by atoms with van der Waals surface area (Å²) < 4.78 is 6.91. The summed E-state index contributed by atoms with van der Waals surface area (Å²) in [5.74, 6) is -0.321. The van der Waals surface area contributed by atoms with E-state index in [1.54, 1.807) is 23.0 Å².